The molecule has 3 N–H and O–H groups in total. The molecule has 7 nitrogen and oxygen atoms in total. The predicted octanol–water partition coefficient (Wildman–Crippen LogP) is 2.36. The molecule has 23 heavy (non-hydrogen) atoms. The second-order valence-corrected chi connectivity index (χ2v) is 6.40. The van der Waals surface area contributed by atoms with E-state index in [0.29, 0.717) is 23.0 Å². The van der Waals surface area contributed by atoms with Crippen LogP contribution in [0, 0.1) is 11.8 Å². The molecule has 1 atom stereocenters. The summed E-state index contributed by atoms with van der Waals surface area (Å²) in [4.78, 5) is 15.7. The predicted molar refractivity (Wildman–Crippen MR) is 83.9 cm³/mol. The lowest BCUT2D eigenvalue weighted by atomic mass is 9.78. The zero-order valence-corrected chi connectivity index (χ0v) is 13.1. The first-order valence-electron chi connectivity index (χ1n) is 8.02. The Labute approximate surface area is 134 Å². The van der Waals surface area contributed by atoms with E-state index in [9.17, 15) is 15.0 Å². The molecule has 1 aliphatic carbocycles. The van der Waals surface area contributed by atoms with Crippen molar-refractivity contribution >= 4 is 11.7 Å². The quantitative estimate of drug-likeness (QED) is 0.803. The van der Waals surface area contributed by atoms with Crippen LogP contribution in [0.3, 0.4) is 0 Å². The number of hydrogen-bond donors (Lipinski definition) is 3. The van der Waals surface area contributed by atoms with Gasteiger partial charge in [-0.3, -0.25) is 0 Å². The summed E-state index contributed by atoms with van der Waals surface area (Å²) in [6.45, 7) is 2.10. The van der Waals surface area contributed by atoms with Crippen LogP contribution in [0.1, 0.15) is 50.0 Å². The maximum atomic E-state index is 11.2. The van der Waals surface area contributed by atoms with Gasteiger partial charge in [-0.05, 0) is 36.8 Å². The Bertz CT molecular complexity index is 692. The number of nitrogens with one attached hydrogen (secondary N) is 1. The minimum atomic E-state index is -1.03. The van der Waals surface area contributed by atoms with Crippen molar-refractivity contribution in [2.45, 2.75) is 45.3 Å². The molecule has 0 spiro atoms. The molecule has 124 valence electrons. The summed E-state index contributed by atoms with van der Waals surface area (Å²) in [6, 6.07) is 3.18. The molecule has 1 fully saturated rings. The normalized spacial score (nSPS) is 22.9. The van der Waals surface area contributed by atoms with Gasteiger partial charge in [-0.15, -0.1) is 0 Å². The van der Waals surface area contributed by atoms with Gasteiger partial charge in [0.1, 0.15) is 0 Å². The van der Waals surface area contributed by atoms with Crippen LogP contribution in [0.4, 0.5) is 4.79 Å². The van der Waals surface area contributed by atoms with E-state index >= 15 is 0 Å². The third-order valence-electron chi connectivity index (χ3n) is 4.69. The van der Waals surface area contributed by atoms with Crippen molar-refractivity contribution < 1.29 is 15.0 Å². The number of nitrogens with zero attached hydrogens (tertiary/aromatic N) is 3. The molecule has 2 aromatic heterocycles. The Morgan fingerprint density at radius 1 is 1.39 bits per heavy atom. The fraction of sp³-hybridized carbons (Fsp3) is 0.562. The average Bonchev–Trinajstić information content (AvgIpc) is 2.96. The van der Waals surface area contributed by atoms with Crippen molar-refractivity contribution in [3.63, 3.8) is 0 Å². The molecule has 1 aliphatic rings. The number of fused-ring (bicyclic) bond motifs is 1. The molecule has 0 bridgehead atoms. The maximum absolute atomic E-state index is 11.2. The summed E-state index contributed by atoms with van der Waals surface area (Å²) in [5.41, 5.74) is 1.89. The monoisotopic (exact) mass is 318 g/mol. The molecule has 2 aromatic rings. The van der Waals surface area contributed by atoms with Crippen LogP contribution in [0.5, 0.6) is 0 Å². The molecule has 0 aromatic carbocycles. The lowest BCUT2D eigenvalue weighted by Gasteiger charge is -2.31. The lowest BCUT2D eigenvalue weighted by molar-refractivity contribution is 0.173. The highest BCUT2D eigenvalue weighted by Gasteiger charge is 2.30. The SMILES string of the molecule is CC1CCC([C@H](NC(=O)O)c2cn3nc(CO)ccc3n2)CC1. The van der Waals surface area contributed by atoms with E-state index in [4.69, 9.17) is 0 Å². The minimum Gasteiger partial charge on any atom is -0.465 e. The van der Waals surface area contributed by atoms with Crippen molar-refractivity contribution in [2.24, 2.45) is 11.8 Å². The molecule has 0 radical (unpaired) electrons. The molecule has 0 saturated heterocycles. The highest BCUT2D eigenvalue weighted by atomic mass is 16.4. The van der Waals surface area contributed by atoms with Crippen LogP contribution in [-0.4, -0.2) is 30.9 Å². The summed E-state index contributed by atoms with van der Waals surface area (Å²) in [5, 5.41) is 25.3. The molecular formula is C16H22N4O3. The second kappa shape index (κ2) is 6.54. The molecule has 1 saturated carbocycles. The highest BCUT2D eigenvalue weighted by molar-refractivity contribution is 5.65. The highest BCUT2D eigenvalue weighted by Crippen LogP contribution is 2.36. The van der Waals surface area contributed by atoms with Gasteiger partial charge >= 0.3 is 6.09 Å². The molecular weight excluding hydrogens is 296 g/mol. The Hall–Kier alpha value is -2.15. The van der Waals surface area contributed by atoms with Crippen molar-refractivity contribution in [3.05, 3.63) is 29.7 Å². The van der Waals surface area contributed by atoms with E-state index in [1.165, 1.54) is 0 Å². The zero-order valence-electron chi connectivity index (χ0n) is 13.1. The van der Waals surface area contributed by atoms with Gasteiger partial charge in [0.05, 0.1) is 30.2 Å². The standard InChI is InChI=1S/C16H22N4O3/c1-10-2-4-11(5-3-10)15(18-16(22)23)13-8-20-14(17-13)7-6-12(9-21)19-20/h6-8,10-11,15,18,21H,2-5,9H2,1H3,(H,22,23)/t10?,11?,15-/m0/s1. The van der Waals surface area contributed by atoms with E-state index in [-0.39, 0.29) is 18.6 Å². The van der Waals surface area contributed by atoms with Crippen LogP contribution < -0.4 is 5.32 Å². The number of rotatable bonds is 4. The van der Waals surface area contributed by atoms with E-state index in [1.54, 1.807) is 22.8 Å². The van der Waals surface area contributed by atoms with Crippen molar-refractivity contribution in [3.8, 4) is 0 Å². The van der Waals surface area contributed by atoms with Crippen LogP contribution in [0.15, 0.2) is 18.3 Å². The van der Waals surface area contributed by atoms with Gasteiger partial charge in [0.2, 0.25) is 0 Å². The zero-order chi connectivity index (χ0) is 16.4. The van der Waals surface area contributed by atoms with E-state index in [2.05, 4.69) is 22.3 Å². The van der Waals surface area contributed by atoms with Crippen LogP contribution in [0.2, 0.25) is 0 Å². The Balaban J connectivity index is 1.90. The Morgan fingerprint density at radius 3 is 2.78 bits per heavy atom. The third-order valence-corrected chi connectivity index (χ3v) is 4.69. The van der Waals surface area contributed by atoms with E-state index in [1.807, 2.05) is 0 Å². The molecule has 1 amide bonds. The van der Waals surface area contributed by atoms with Gasteiger partial charge in [0.15, 0.2) is 5.65 Å². The summed E-state index contributed by atoms with van der Waals surface area (Å²) in [5.74, 6) is 0.955. The van der Waals surface area contributed by atoms with Gasteiger partial charge in [0.25, 0.3) is 0 Å². The first kappa shape index (κ1) is 15.7. The summed E-state index contributed by atoms with van der Waals surface area (Å²) >= 11 is 0. The maximum Gasteiger partial charge on any atom is 0.405 e. The fourth-order valence-electron chi connectivity index (χ4n) is 3.36. The number of amides is 1. The largest absolute Gasteiger partial charge is 0.465 e. The van der Waals surface area contributed by atoms with Crippen LogP contribution >= 0.6 is 0 Å². The Morgan fingerprint density at radius 2 is 2.13 bits per heavy atom. The first-order chi connectivity index (χ1) is 11.1. The van der Waals surface area contributed by atoms with Crippen molar-refractivity contribution in [1.82, 2.24) is 19.9 Å². The molecule has 0 aliphatic heterocycles. The summed E-state index contributed by atoms with van der Waals surface area (Å²) in [7, 11) is 0. The summed E-state index contributed by atoms with van der Waals surface area (Å²) in [6.07, 6.45) is 4.94. The topological polar surface area (TPSA) is 99.8 Å². The first-order valence-corrected chi connectivity index (χ1v) is 8.02. The smallest absolute Gasteiger partial charge is 0.405 e. The van der Waals surface area contributed by atoms with Crippen LogP contribution in [-0.2, 0) is 6.61 Å². The molecule has 3 rings (SSSR count). The molecule has 2 heterocycles. The van der Waals surface area contributed by atoms with E-state index in [0.717, 1.165) is 25.7 Å². The van der Waals surface area contributed by atoms with E-state index < -0.39 is 6.09 Å². The number of aromatic nitrogens is 3. The minimum absolute atomic E-state index is 0.138. The van der Waals surface area contributed by atoms with Gasteiger partial charge in [-0.25, -0.2) is 14.3 Å². The number of carboxylic acid groups (broad SMARTS) is 1. The van der Waals surface area contributed by atoms with Gasteiger partial charge in [0, 0.05) is 0 Å². The van der Waals surface area contributed by atoms with Crippen molar-refractivity contribution in [1.29, 1.82) is 0 Å². The fourth-order valence-corrected chi connectivity index (χ4v) is 3.36. The number of aliphatic hydroxyl groups excluding tert-OH is 1. The molecule has 0 unspecified atom stereocenters. The van der Waals surface area contributed by atoms with Gasteiger partial charge < -0.3 is 15.5 Å². The average molecular weight is 318 g/mol. The lowest BCUT2D eigenvalue weighted by Crippen LogP contribution is -2.34. The third kappa shape index (κ3) is 3.44. The van der Waals surface area contributed by atoms with Crippen molar-refractivity contribution in [2.75, 3.05) is 0 Å². The summed E-state index contributed by atoms with van der Waals surface area (Å²) < 4.78 is 1.60. The number of hydrogen-bond acceptors (Lipinski definition) is 4. The second-order valence-electron chi connectivity index (χ2n) is 6.40. The number of imidazole rings is 1. The number of aliphatic hydroxyl groups is 1. The molecule has 7 heteroatoms. The van der Waals surface area contributed by atoms with Gasteiger partial charge in [-0.1, -0.05) is 19.8 Å². The van der Waals surface area contributed by atoms with Crippen LogP contribution in [0.25, 0.3) is 5.65 Å². The Kier molecular flexibility index (Phi) is 4.47. The number of carbonyl (C=O) groups is 1. The van der Waals surface area contributed by atoms with Gasteiger partial charge in [-0.2, -0.15) is 5.10 Å².